The number of nitrogens with zero attached hydrogens (tertiary/aromatic N) is 3. The highest BCUT2D eigenvalue weighted by Crippen LogP contribution is 2.29. The van der Waals surface area contributed by atoms with E-state index in [0.29, 0.717) is 36.8 Å². The molecular formula is C21H18N4O3S. The van der Waals surface area contributed by atoms with Crippen molar-refractivity contribution in [1.82, 2.24) is 14.5 Å². The van der Waals surface area contributed by atoms with Gasteiger partial charge in [0, 0.05) is 29.6 Å². The molecule has 0 spiro atoms. The molecule has 0 fully saturated rings. The van der Waals surface area contributed by atoms with E-state index in [1.165, 1.54) is 23.9 Å². The van der Waals surface area contributed by atoms with E-state index in [0.717, 1.165) is 21.5 Å². The molecule has 4 aromatic rings. The molecule has 8 heteroatoms. The summed E-state index contributed by atoms with van der Waals surface area (Å²) in [6.45, 7) is 1.46. The average Bonchev–Trinajstić information content (AvgIpc) is 3.47. The SMILES string of the molecule is O=C(Nc1nc2c(s1)CN(C(=O)Cn1ccc3ccccc31)CC2)c1ccoc1. The van der Waals surface area contributed by atoms with Crippen molar-refractivity contribution in [3.63, 3.8) is 0 Å². The van der Waals surface area contributed by atoms with Crippen LogP contribution < -0.4 is 5.32 Å². The first-order chi connectivity index (χ1) is 14.2. The fourth-order valence-electron chi connectivity index (χ4n) is 3.55. The first-order valence-electron chi connectivity index (χ1n) is 9.31. The zero-order chi connectivity index (χ0) is 19.8. The maximum atomic E-state index is 12.9. The van der Waals surface area contributed by atoms with Crippen LogP contribution in [0.25, 0.3) is 10.9 Å². The number of thiazole rings is 1. The van der Waals surface area contributed by atoms with Gasteiger partial charge in [-0.05, 0) is 23.6 Å². The van der Waals surface area contributed by atoms with E-state index < -0.39 is 0 Å². The minimum Gasteiger partial charge on any atom is -0.472 e. The molecule has 0 bridgehead atoms. The van der Waals surface area contributed by atoms with Gasteiger partial charge >= 0.3 is 0 Å². The van der Waals surface area contributed by atoms with Crippen molar-refractivity contribution in [2.24, 2.45) is 0 Å². The number of aromatic nitrogens is 2. The fourth-order valence-corrected chi connectivity index (χ4v) is 4.57. The summed E-state index contributed by atoms with van der Waals surface area (Å²) in [7, 11) is 0. The molecule has 2 amide bonds. The lowest BCUT2D eigenvalue weighted by Gasteiger charge is -2.26. The highest BCUT2D eigenvalue weighted by atomic mass is 32.1. The molecule has 0 atom stereocenters. The van der Waals surface area contributed by atoms with Crippen molar-refractivity contribution in [2.75, 3.05) is 11.9 Å². The molecule has 3 aromatic heterocycles. The Morgan fingerprint density at radius 2 is 2.10 bits per heavy atom. The highest BCUT2D eigenvalue weighted by molar-refractivity contribution is 7.15. The van der Waals surface area contributed by atoms with Crippen LogP contribution in [0.2, 0.25) is 0 Å². The summed E-state index contributed by atoms with van der Waals surface area (Å²) in [5, 5.41) is 4.48. The van der Waals surface area contributed by atoms with E-state index >= 15 is 0 Å². The Bertz CT molecular complexity index is 1190. The molecule has 146 valence electrons. The van der Waals surface area contributed by atoms with Crippen molar-refractivity contribution < 1.29 is 14.0 Å². The maximum absolute atomic E-state index is 12.9. The summed E-state index contributed by atoms with van der Waals surface area (Å²) < 4.78 is 6.92. The van der Waals surface area contributed by atoms with Crippen molar-refractivity contribution in [3.05, 3.63) is 71.3 Å². The topological polar surface area (TPSA) is 80.4 Å². The summed E-state index contributed by atoms with van der Waals surface area (Å²) in [4.78, 5) is 32.4. The molecule has 0 aliphatic carbocycles. The smallest absolute Gasteiger partial charge is 0.260 e. The third kappa shape index (κ3) is 3.42. The molecule has 4 heterocycles. The highest BCUT2D eigenvalue weighted by Gasteiger charge is 2.25. The van der Waals surface area contributed by atoms with Gasteiger partial charge in [-0.3, -0.25) is 14.9 Å². The number of anilines is 1. The number of furan rings is 1. The van der Waals surface area contributed by atoms with Crippen LogP contribution in [0.1, 0.15) is 20.9 Å². The summed E-state index contributed by atoms with van der Waals surface area (Å²) in [6, 6.07) is 11.7. The molecule has 1 aliphatic rings. The van der Waals surface area contributed by atoms with Crippen LogP contribution in [0, 0.1) is 0 Å². The molecule has 7 nitrogen and oxygen atoms in total. The van der Waals surface area contributed by atoms with Gasteiger partial charge in [0.05, 0.1) is 24.1 Å². The molecular weight excluding hydrogens is 388 g/mol. The number of rotatable bonds is 4. The molecule has 1 N–H and O–H groups in total. The second kappa shape index (κ2) is 7.21. The van der Waals surface area contributed by atoms with E-state index in [9.17, 15) is 9.59 Å². The largest absolute Gasteiger partial charge is 0.472 e. The second-order valence-corrected chi connectivity index (χ2v) is 8.01. The van der Waals surface area contributed by atoms with Gasteiger partial charge in [0.2, 0.25) is 5.91 Å². The molecule has 0 radical (unpaired) electrons. The normalized spacial score (nSPS) is 13.4. The lowest BCUT2D eigenvalue weighted by atomic mass is 10.2. The Morgan fingerprint density at radius 3 is 2.97 bits per heavy atom. The predicted octanol–water partition coefficient (Wildman–Crippen LogP) is 3.53. The van der Waals surface area contributed by atoms with Gasteiger partial charge in [0.1, 0.15) is 12.8 Å². The quantitative estimate of drug-likeness (QED) is 0.562. The average molecular weight is 406 g/mol. The van der Waals surface area contributed by atoms with E-state index in [1.807, 2.05) is 46.0 Å². The Kier molecular flexibility index (Phi) is 4.40. The molecule has 1 aliphatic heterocycles. The molecule has 0 saturated heterocycles. The summed E-state index contributed by atoms with van der Waals surface area (Å²) in [5.41, 5.74) is 2.46. The number of benzene rings is 1. The van der Waals surface area contributed by atoms with Gasteiger partial charge in [-0.15, -0.1) is 0 Å². The number of nitrogens with one attached hydrogen (secondary N) is 1. The van der Waals surface area contributed by atoms with Crippen LogP contribution in [0.3, 0.4) is 0 Å². The maximum Gasteiger partial charge on any atom is 0.260 e. The number of hydrogen-bond donors (Lipinski definition) is 1. The Balaban J connectivity index is 1.27. The van der Waals surface area contributed by atoms with Gasteiger partial charge in [-0.1, -0.05) is 29.5 Å². The number of carbonyl (C=O) groups is 2. The Hall–Kier alpha value is -3.39. The lowest BCUT2D eigenvalue weighted by molar-refractivity contribution is -0.132. The second-order valence-electron chi connectivity index (χ2n) is 6.92. The van der Waals surface area contributed by atoms with E-state index in [-0.39, 0.29) is 11.8 Å². The molecule has 5 rings (SSSR count). The monoisotopic (exact) mass is 406 g/mol. The van der Waals surface area contributed by atoms with Crippen LogP contribution >= 0.6 is 11.3 Å². The Labute approximate surface area is 170 Å². The number of fused-ring (bicyclic) bond motifs is 2. The van der Waals surface area contributed by atoms with Crippen LogP contribution in [-0.2, 0) is 24.3 Å². The molecule has 1 aromatic carbocycles. The van der Waals surface area contributed by atoms with Gasteiger partial charge < -0.3 is 13.9 Å². The molecule has 29 heavy (non-hydrogen) atoms. The fraction of sp³-hybridized carbons (Fsp3) is 0.190. The van der Waals surface area contributed by atoms with Crippen molar-refractivity contribution >= 4 is 39.2 Å². The summed E-state index contributed by atoms with van der Waals surface area (Å²) in [5.74, 6) is -0.174. The standard InChI is InChI=1S/C21H18N4O3S/c26-19(12-24-8-5-14-3-1-2-4-17(14)24)25-9-6-16-18(11-25)29-21(22-16)23-20(27)15-7-10-28-13-15/h1-5,7-8,10,13H,6,9,11-12H2,(H,22,23,27). The van der Waals surface area contributed by atoms with Crippen molar-refractivity contribution in [1.29, 1.82) is 0 Å². The van der Waals surface area contributed by atoms with Gasteiger partial charge in [-0.25, -0.2) is 4.98 Å². The molecule has 0 unspecified atom stereocenters. The first kappa shape index (κ1) is 17.7. The third-order valence-corrected chi connectivity index (χ3v) is 6.07. The van der Waals surface area contributed by atoms with Crippen LogP contribution in [0.15, 0.2) is 59.5 Å². The summed E-state index contributed by atoms with van der Waals surface area (Å²) in [6.07, 6.45) is 5.49. The number of para-hydroxylation sites is 1. The van der Waals surface area contributed by atoms with E-state index in [4.69, 9.17) is 4.42 Å². The van der Waals surface area contributed by atoms with Gasteiger partial charge in [-0.2, -0.15) is 0 Å². The van der Waals surface area contributed by atoms with E-state index in [2.05, 4.69) is 10.3 Å². The van der Waals surface area contributed by atoms with Crippen LogP contribution in [0.5, 0.6) is 0 Å². The predicted molar refractivity (Wildman–Crippen MR) is 110 cm³/mol. The zero-order valence-electron chi connectivity index (χ0n) is 15.5. The molecule has 0 saturated carbocycles. The Morgan fingerprint density at radius 1 is 1.21 bits per heavy atom. The number of hydrogen-bond acceptors (Lipinski definition) is 5. The third-order valence-electron chi connectivity index (χ3n) is 5.07. The lowest BCUT2D eigenvalue weighted by Crippen LogP contribution is -2.37. The van der Waals surface area contributed by atoms with Gasteiger partial charge in [0.25, 0.3) is 5.91 Å². The number of amides is 2. The summed E-state index contributed by atoms with van der Waals surface area (Å²) >= 11 is 1.42. The van der Waals surface area contributed by atoms with Crippen LogP contribution in [0.4, 0.5) is 5.13 Å². The number of carbonyl (C=O) groups excluding carboxylic acids is 2. The minimum atomic E-state index is -0.253. The van der Waals surface area contributed by atoms with Gasteiger partial charge in [0.15, 0.2) is 5.13 Å². The van der Waals surface area contributed by atoms with E-state index in [1.54, 1.807) is 6.07 Å². The zero-order valence-corrected chi connectivity index (χ0v) is 16.3. The van der Waals surface area contributed by atoms with Crippen LogP contribution in [-0.4, -0.2) is 32.8 Å². The van der Waals surface area contributed by atoms with Crippen molar-refractivity contribution in [2.45, 2.75) is 19.5 Å². The minimum absolute atomic E-state index is 0.0781. The first-order valence-corrected chi connectivity index (χ1v) is 10.1. The van der Waals surface area contributed by atoms with Crippen molar-refractivity contribution in [3.8, 4) is 0 Å².